The van der Waals surface area contributed by atoms with E-state index in [2.05, 4.69) is 0 Å². The Morgan fingerprint density at radius 3 is 2.63 bits per heavy atom. The fourth-order valence-corrected chi connectivity index (χ4v) is 1.93. The molecule has 0 aliphatic rings. The highest BCUT2D eigenvalue weighted by Crippen LogP contribution is 2.33. The van der Waals surface area contributed by atoms with Crippen molar-refractivity contribution in [3.05, 3.63) is 63.7 Å². The normalized spacial score (nSPS) is 10.2. The van der Waals surface area contributed by atoms with Gasteiger partial charge in [-0.15, -0.1) is 11.6 Å². The third kappa shape index (κ3) is 3.03. The number of nitro benzene ring substituents is 1. The van der Waals surface area contributed by atoms with Gasteiger partial charge in [0.2, 0.25) is 5.75 Å². The van der Waals surface area contributed by atoms with E-state index in [1.54, 1.807) is 24.3 Å². The summed E-state index contributed by atoms with van der Waals surface area (Å²) in [5.41, 5.74) is 1.80. The van der Waals surface area contributed by atoms with Crippen molar-refractivity contribution in [3.8, 4) is 11.5 Å². The first-order chi connectivity index (χ1) is 9.11. The largest absolute Gasteiger partial charge is 0.450 e. The van der Waals surface area contributed by atoms with Crippen LogP contribution in [0.5, 0.6) is 11.5 Å². The number of alkyl halides is 1. The molecule has 4 nitrogen and oxygen atoms in total. The summed E-state index contributed by atoms with van der Waals surface area (Å²) in [6, 6.07) is 11.8. The van der Waals surface area contributed by atoms with Crippen molar-refractivity contribution in [2.75, 3.05) is 0 Å². The van der Waals surface area contributed by atoms with Gasteiger partial charge in [-0.25, -0.2) is 0 Å². The van der Waals surface area contributed by atoms with E-state index in [-0.39, 0.29) is 17.3 Å². The Balaban J connectivity index is 2.39. The lowest BCUT2D eigenvalue weighted by Crippen LogP contribution is -1.95. The molecule has 0 unspecified atom stereocenters. The van der Waals surface area contributed by atoms with Gasteiger partial charge >= 0.3 is 5.69 Å². The van der Waals surface area contributed by atoms with Gasteiger partial charge in [0.05, 0.1) is 10.8 Å². The smallest absolute Gasteiger partial charge is 0.311 e. The van der Waals surface area contributed by atoms with E-state index in [9.17, 15) is 10.1 Å². The molecule has 0 saturated carbocycles. The number of hydrogen-bond donors (Lipinski definition) is 0. The lowest BCUT2D eigenvalue weighted by Gasteiger charge is -2.10. The number of benzene rings is 2. The number of nitrogens with zero attached hydrogens (tertiary/aromatic N) is 1. The number of para-hydroxylation sites is 2. The zero-order valence-corrected chi connectivity index (χ0v) is 11.1. The van der Waals surface area contributed by atoms with Crippen LogP contribution in [0, 0.1) is 17.0 Å². The van der Waals surface area contributed by atoms with Crippen molar-refractivity contribution < 1.29 is 9.66 Å². The molecular formula is C14H12ClNO3. The predicted octanol–water partition coefficient (Wildman–Crippen LogP) is 4.43. The first-order valence-electron chi connectivity index (χ1n) is 5.68. The van der Waals surface area contributed by atoms with E-state index in [0.29, 0.717) is 5.75 Å². The Labute approximate surface area is 115 Å². The molecule has 0 spiro atoms. The van der Waals surface area contributed by atoms with Crippen LogP contribution in [-0.2, 0) is 5.88 Å². The fourth-order valence-electron chi connectivity index (χ4n) is 1.72. The maximum atomic E-state index is 10.9. The van der Waals surface area contributed by atoms with Gasteiger partial charge in [-0.05, 0) is 19.1 Å². The summed E-state index contributed by atoms with van der Waals surface area (Å²) in [6.45, 7) is 1.95. The van der Waals surface area contributed by atoms with Crippen LogP contribution in [0.3, 0.4) is 0 Å². The second-order valence-corrected chi connectivity index (χ2v) is 4.34. The van der Waals surface area contributed by atoms with Crippen LogP contribution in [0.25, 0.3) is 0 Å². The Hall–Kier alpha value is -2.07. The molecule has 5 heteroatoms. The van der Waals surface area contributed by atoms with Gasteiger partial charge in [0.1, 0.15) is 5.75 Å². The average molecular weight is 278 g/mol. The highest BCUT2D eigenvalue weighted by molar-refractivity contribution is 6.17. The van der Waals surface area contributed by atoms with Crippen LogP contribution >= 0.6 is 11.6 Å². The van der Waals surface area contributed by atoms with Crippen molar-refractivity contribution in [3.63, 3.8) is 0 Å². The van der Waals surface area contributed by atoms with E-state index in [0.717, 1.165) is 11.1 Å². The molecule has 0 bridgehead atoms. The second-order valence-electron chi connectivity index (χ2n) is 4.07. The Kier molecular flexibility index (Phi) is 4.02. The molecule has 98 valence electrons. The standard InChI is InChI=1S/C14H12ClNO3/c1-10-6-7-13(11(8-10)9-15)19-14-5-3-2-4-12(14)16(17)18/h2-8H,9H2,1H3. The summed E-state index contributed by atoms with van der Waals surface area (Å²) in [5, 5.41) is 10.9. The van der Waals surface area contributed by atoms with Gasteiger partial charge in [-0.1, -0.05) is 29.8 Å². The van der Waals surface area contributed by atoms with Gasteiger partial charge in [0.25, 0.3) is 0 Å². The van der Waals surface area contributed by atoms with Crippen molar-refractivity contribution in [2.24, 2.45) is 0 Å². The minimum Gasteiger partial charge on any atom is -0.450 e. The first-order valence-corrected chi connectivity index (χ1v) is 6.22. The Morgan fingerprint density at radius 1 is 1.21 bits per heavy atom. The first kappa shape index (κ1) is 13.4. The van der Waals surface area contributed by atoms with E-state index >= 15 is 0 Å². The summed E-state index contributed by atoms with van der Waals surface area (Å²) < 4.78 is 5.62. The molecule has 2 rings (SSSR count). The van der Waals surface area contributed by atoms with Gasteiger partial charge in [0.15, 0.2) is 0 Å². The minimum absolute atomic E-state index is 0.0661. The number of hydrogen-bond acceptors (Lipinski definition) is 3. The minimum atomic E-state index is -0.468. The Morgan fingerprint density at radius 2 is 1.95 bits per heavy atom. The van der Waals surface area contributed by atoms with Gasteiger partial charge in [0, 0.05) is 11.6 Å². The SMILES string of the molecule is Cc1ccc(Oc2ccccc2[N+](=O)[O-])c(CCl)c1. The predicted molar refractivity (Wildman–Crippen MR) is 73.9 cm³/mol. The van der Waals surface area contributed by atoms with Crippen molar-refractivity contribution >= 4 is 17.3 Å². The van der Waals surface area contributed by atoms with Gasteiger partial charge in [-0.3, -0.25) is 10.1 Å². The summed E-state index contributed by atoms with van der Waals surface area (Å²) in [4.78, 5) is 10.5. The number of nitro groups is 1. The number of halogens is 1. The molecule has 0 saturated heterocycles. The van der Waals surface area contributed by atoms with Crippen molar-refractivity contribution in [2.45, 2.75) is 12.8 Å². The summed E-state index contributed by atoms with van der Waals surface area (Å²) >= 11 is 5.86. The van der Waals surface area contributed by atoms with Crippen LogP contribution in [0.2, 0.25) is 0 Å². The van der Waals surface area contributed by atoms with Crippen LogP contribution in [0.4, 0.5) is 5.69 Å². The van der Waals surface area contributed by atoms with Gasteiger partial charge < -0.3 is 4.74 Å². The molecule has 2 aromatic carbocycles. The van der Waals surface area contributed by atoms with E-state index in [4.69, 9.17) is 16.3 Å². The maximum Gasteiger partial charge on any atom is 0.311 e. The molecule has 0 N–H and O–H groups in total. The van der Waals surface area contributed by atoms with Crippen LogP contribution < -0.4 is 4.74 Å². The highest BCUT2D eigenvalue weighted by Gasteiger charge is 2.15. The molecule has 0 aliphatic heterocycles. The third-order valence-corrected chi connectivity index (χ3v) is 2.93. The van der Waals surface area contributed by atoms with E-state index < -0.39 is 4.92 Å². The monoisotopic (exact) mass is 277 g/mol. The zero-order valence-electron chi connectivity index (χ0n) is 10.3. The van der Waals surface area contributed by atoms with E-state index in [1.165, 1.54) is 6.07 Å². The average Bonchev–Trinajstić information content (AvgIpc) is 2.41. The molecule has 2 aromatic rings. The molecular weight excluding hydrogens is 266 g/mol. The maximum absolute atomic E-state index is 10.9. The zero-order chi connectivity index (χ0) is 13.8. The van der Waals surface area contributed by atoms with E-state index in [1.807, 2.05) is 19.1 Å². The highest BCUT2D eigenvalue weighted by atomic mass is 35.5. The summed E-state index contributed by atoms with van der Waals surface area (Å²) in [6.07, 6.45) is 0. The quantitative estimate of drug-likeness (QED) is 0.472. The molecule has 0 heterocycles. The molecule has 19 heavy (non-hydrogen) atoms. The molecule has 0 aliphatic carbocycles. The number of aryl methyl sites for hydroxylation is 1. The number of ether oxygens (including phenoxy) is 1. The molecule has 0 radical (unpaired) electrons. The lowest BCUT2D eigenvalue weighted by molar-refractivity contribution is -0.385. The van der Waals surface area contributed by atoms with Crippen molar-refractivity contribution in [1.29, 1.82) is 0 Å². The van der Waals surface area contributed by atoms with Gasteiger partial charge in [-0.2, -0.15) is 0 Å². The topological polar surface area (TPSA) is 52.4 Å². The molecule has 0 fully saturated rings. The summed E-state index contributed by atoms with van der Waals surface area (Å²) in [5.74, 6) is 1.04. The number of rotatable bonds is 4. The Bertz CT molecular complexity index is 613. The molecule has 0 amide bonds. The second kappa shape index (κ2) is 5.71. The molecule has 0 aromatic heterocycles. The van der Waals surface area contributed by atoms with Crippen LogP contribution in [0.1, 0.15) is 11.1 Å². The van der Waals surface area contributed by atoms with Crippen molar-refractivity contribution in [1.82, 2.24) is 0 Å². The van der Waals surface area contributed by atoms with Crippen LogP contribution in [0.15, 0.2) is 42.5 Å². The fraction of sp³-hybridized carbons (Fsp3) is 0.143. The summed E-state index contributed by atoms with van der Waals surface area (Å²) in [7, 11) is 0. The lowest BCUT2D eigenvalue weighted by atomic mass is 10.1. The third-order valence-electron chi connectivity index (χ3n) is 2.64. The molecule has 0 atom stereocenters. The van der Waals surface area contributed by atoms with Crippen LogP contribution in [-0.4, -0.2) is 4.92 Å².